The van der Waals surface area contributed by atoms with Gasteiger partial charge in [0.25, 0.3) is 5.91 Å². The molecular weight excluding hydrogens is 206 g/mol. The molecule has 0 saturated carbocycles. The van der Waals surface area contributed by atoms with Gasteiger partial charge in [0.05, 0.1) is 12.3 Å². The van der Waals surface area contributed by atoms with Gasteiger partial charge < -0.3 is 14.8 Å². The molecule has 1 amide bonds. The van der Waals surface area contributed by atoms with Crippen molar-refractivity contribution < 1.29 is 14.3 Å². The quantitative estimate of drug-likeness (QED) is 0.851. The van der Waals surface area contributed by atoms with E-state index in [9.17, 15) is 4.79 Å². The number of hydrogen-bond donors (Lipinski definition) is 1. The van der Waals surface area contributed by atoms with Gasteiger partial charge in [-0.15, -0.1) is 0 Å². The smallest absolute Gasteiger partial charge is 0.265 e. The number of benzene rings is 1. The SMILES string of the molecule is CCOc1cccc2c1OC(CC)C(=O)N2. The van der Waals surface area contributed by atoms with Crippen LogP contribution in [0.2, 0.25) is 0 Å². The summed E-state index contributed by atoms with van der Waals surface area (Å²) in [5, 5.41) is 2.82. The van der Waals surface area contributed by atoms with Crippen LogP contribution >= 0.6 is 0 Å². The van der Waals surface area contributed by atoms with Crippen LogP contribution in [-0.4, -0.2) is 18.6 Å². The van der Waals surface area contributed by atoms with Crippen molar-refractivity contribution in [2.24, 2.45) is 0 Å². The Bertz CT molecular complexity index is 403. The summed E-state index contributed by atoms with van der Waals surface area (Å²) >= 11 is 0. The fourth-order valence-electron chi connectivity index (χ4n) is 1.68. The van der Waals surface area contributed by atoms with Gasteiger partial charge in [-0.3, -0.25) is 4.79 Å². The zero-order valence-electron chi connectivity index (χ0n) is 9.45. The van der Waals surface area contributed by atoms with E-state index in [1.54, 1.807) is 0 Å². The first-order chi connectivity index (χ1) is 7.76. The molecule has 0 radical (unpaired) electrons. The molecule has 2 rings (SSSR count). The van der Waals surface area contributed by atoms with Crippen LogP contribution in [0.1, 0.15) is 20.3 Å². The minimum Gasteiger partial charge on any atom is -0.490 e. The second-order valence-corrected chi connectivity index (χ2v) is 3.57. The molecule has 0 aliphatic carbocycles. The van der Waals surface area contributed by atoms with Crippen LogP contribution < -0.4 is 14.8 Å². The molecule has 0 fully saturated rings. The number of fused-ring (bicyclic) bond motifs is 1. The maximum Gasteiger partial charge on any atom is 0.265 e. The Balaban J connectivity index is 2.35. The van der Waals surface area contributed by atoms with Gasteiger partial charge in [0.2, 0.25) is 0 Å². The van der Waals surface area contributed by atoms with Crippen molar-refractivity contribution in [1.82, 2.24) is 0 Å². The van der Waals surface area contributed by atoms with Crippen LogP contribution in [0.25, 0.3) is 0 Å². The molecule has 0 saturated heterocycles. The van der Waals surface area contributed by atoms with Crippen LogP contribution in [-0.2, 0) is 4.79 Å². The second-order valence-electron chi connectivity index (χ2n) is 3.57. The van der Waals surface area contributed by atoms with Crippen LogP contribution in [0, 0.1) is 0 Å². The molecule has 1 aromatic rings. The highest BCUT2D eigenvalue weighted by molar-refractivity contribution is 5.98. The summed E-state index contributed by atoms with van der Waals surface area (Å²) in [4.78, 5) is 11.6. The van der Waals surface area contributed by atoms with E-state index in [0.29, 0.717) is 30.2 Å². The van der Waals surface area contributed by atoms with Crippen LogP contribution in [0.15, 0.2) is 18.2 Å². The number of para-hydroxylation sites is 1. The number of carbonyl (C=O) groups excluding carboxylic acids is 1. The minimum atomic E-state index is -0.422. The molecule has 1 aliphatic heterocycles. The summed E-state index contributed by atoms with van der Waals surface area (Å²) in [5.41, 5.74) is 0.681. The molecule has 0 spiro atoms. The van der Waals surface area contributed by atoms with Crippen LogP contribution in [0.5, 0.6) is 11.5 Å². The average Bonchev–Trinajstić information content (AvgIpc) is 2.29. The molecule has 4 heteroatoms. The van der Waals surface area contributed by atoms with E-state index in [2.05, 4.69) is 5.32 Å². The molecule has 1 atom stereocenters. The lowest BCUT2D eigenvalue weighted by atomic mass is 10.2. The fourth-order valence-corrected chi connectivity index (χ4v) is 1.68. The van der Waals surface area contributed by atoms with E-state index < -0.39 is 6.10 Å². The second kappa shape index (κ2) is 4.43. The molecule has 1 unspecified atom stereocenters. The highest BCUT2D eigenvalue weighted by Gasteiger charge is 2.28. The zero-order valence-corrected chi connectivity index (χ0v) is 9.45. The lowest BCUT2D eigenvalue weighted by Gasteiger charge is -2.26. The molecule has 1 N–H and O–H groups in total. The molecular formula is C12H15NO3. The summed E-state index contributed by atoms with van der Waals surface area (Å²) in [6.45, 7) is 4.40. The maximum atomic E-state index is 11.6. The van der Waals surface area contributed by atoms with Crippen molar-refractivity contribution in [3.63, 3.8) is 0 Å². The van der Waals surface area contributed by atoms with Crippen molar-refractivity contribution in [3.8, 4) is 11.5 Å². The minimum absolute atomic E-state index is 0.0938. The topological polar surface area (TPSA) is 47.6 Å². The van der Waals surface area contributed by atoms with Crippen molar-refractivity contribution in [2.45, 2.75) is 26.4 Å². The van der Waals surface area contributed by atoms with Crippen molar-refractivity contribution in [2.75, 3.05) is 11.9 Å². The fraction of sp³-hybridized carbons (Fsp3) is 0.417. The highest BCUT2D eigenvalue weighted by atomic mass is 16.5. The maximum absolute atomic E-state index is 11.6. The van der Waals surface area contributed by atoms with Gasteiger partial charge in [0.1, 0.15) is 0 Å². The summed E-state index contributed by atoms with van der Waals surface area (Å²) in [5.74, 6) is 1.22. The van der Waals surface area contributed by atoms with E-state index in [1.807, 2.05) is 32.0 Å². The Hall–Kier alpha value is -1.71. The largest absolute Gasteiger partial charge is 0.490 e. The van der Waals surface area contributed by atoms with Gasteiger partial charge >= 0.3 is 0 Å². The number of ether oxygens (including phenoxy) is 2. The van der Waals surface area contributed by atoms with Crippen molar-refractivity contribution in [3.05, 3.63) is 18.2 Å². The Kier molecular flexibility index (Phi) is 2.99. The van der Waals surface area contributed by atoms with Crippen LogP contribution in [0.4, 0.5) is 5.69 Å². The molecule has 4 nitrogen and oxygen atoms in total. The predicted octanol–water partition coefficient (Wildman–Crippen LogP) is 2.19. The molecule has 0 bridgehead atoms. The number of nitrogens with one attached hydrogen (secondary N) is 1. The standard InChI is InChI=1S/C12H15NO3/c1-3-9-12(14)13-8-6-5-7-10(15-4-2)11(8)16-9/h5-7,9H,3-4H2,1-2H3,(H,13,14). The lowest BCUT2D eigenvalue weighted by Crippen LogP contribution is -2.36. The van der Waals surface area contributed by atoms with E-state index in [-0.39, 0.29) is 5.91 Å². The Labute approximate surface area is 94.6 Å². The van der Waals surface area contributed by atoms with Gasteiger partial charge in [-0.05, 0) is 25.5 Å². The van der Waals surface area contributed by atoms with Gasteiger partial charge in [0.15, 0.2) is 17.6 Å². The first kappa shape index (κ1) is 10.8. The third-order valence-electron chi connectivity index (χ3n) is 2.46. The lowest BCUT2D eigenvalue weighted by molar-refractivity contribution is -0.123. The summed E-state index contributed by atoms with van der Waals surface area (Å²) in [6, 6.07) is 5.48. The summed E-state index contributed by atoms with van der Waals surface area (Å²) in [6.07, 6.45) is 0.222. The first-order valence-electron chi connectivity index (χ1n) is 5.49. The normalized spacial score (nSPS) is 18.4. The number of anilines is 1. The van der Waals surface area contributed by atoms with Crippen molar-refractivity contribution in [1.29, 1.82) is 0 Å². The van der Waals surface area contributed by atoms with E-state index in [4.69, 9.17) is 9.47 Å². The number of rotatable bonds is 3. The molecule has 1 aliphatic rings. The van der Waals surface area contributed by atoms with Gasteiger partial charge in [-0.2, -0.15) is 0 Å². The highest BCUT2D eigenvalue weighted by Crippen LogP contribution is 2.38. The number of hydrogen-bond acceptors (Lipinski definition) is 3. The van der Waals surface area contributed by atoms with Gasteiger partial charge in [0, 0.05) is 0 Å². The van der Waals surface area contributed by atoms with E-state index in [1.165, 1.54) is 0 Å². The Morgan fingerprint density at radius 3 is 2.94 bits per heavy atom. The third kappa shape index (κ3) is 1.83. The third-order valence-corrected chi connectivity index (χ3v) is 2.46. The Morgan fingerprint density at radius 2 is 2.25 bits per heavy atom. The first-order valence-corrected chi connectivity index (χ1v) is 5.49. The molecule has 1 aromatic carbocycles. The summed E-state index contributed by atoms with van der Waals surface area (Å²) in [7, 11) is 0. The van der Waals surface area contributed by atoms with E-state index in [0.717, 1.165) is 0 Å². The van der Waals surface area contributed by atoms with Gasteiger partial charge in [-0.1, -0.05) is 13.0 Å². The molecule has 0 aromatic heterocycles. The summed E-state index contributed by atoms with van der Waals surface area (Å²) < 4.78 is 11.1. The molecule has 16 heavy (non-hydrogen) atoms. The Morgan fingerprint density at radius 1 is 1.44 bits per heavy atom. The predicted molar refractivity (Wildman–Crippen MR) is 60.9 cm³/mol. The molecule has 1 heterocycles. The average molecular weight is 221 g/mol. The van der Waals surface area contributed by atoms with E-state index >= 15 is 0 Å². The van der Waals surface area contributed by atoms with Crippen LogP contribution in [0.3, 0.4) is 0 Å². The van der Waals surface area contributed by atoms with Crippen molar-refractivity contribution >= 4 is 11.6 Å². The number of amides is 1. The van der Waals surface area contributed by atoms with Gasteiger partial charge in [-0.25, -0.2) is 0 Å². The number of carbonyl (C=O) groups is 1. The zero-order chi connectivity index (χ0) is 11.5. The monoisotopic (exact) mass is 221 g/mol. The molecule has 86 valence electrons.